The molecule has 1 heterocycles. The summed E-state index contributed by atoms with van der Waals surface area (Å²) in [5, 5.41) is 8.35. The molecule has 0 saturated heterocycles. The van der Waals surface area contributed by atoms with Gasteiger partial charge in [-0.25, -0.2) is 14.7 Å². The first-order chi connectivity index (χ1) is 8.42. The molecule has 8 nitrogen and oxygen atoms in total. The van der Waals surface area contributed by atoms with Gasteiger partial charge in [0.15, 0.2) is 0 Å². The average molecular weight is 256 g/mol. The summed E-state index contributed by atoms with van der Waals surface area (Å²) in [6.45, 7) is 3.50. The highest BCUT2D eigenvalue weighted by Gasteiger charge is 2.34. The summed E-state index contributed by atoms with van der Waals surface area (Å²) in [6, 6.07) is 0. The van der Waals surface area contributed by atoms with E-state index in [1.165, 1.54) is 7.11 Å². The molecule has 0 saturated carbocycles. The zero-order chi connectivity index (χ0) is 13.8. The van der Waals surface area contributed by atoms with Crippen molar-refractivity contribution in [3.8, 4) is 0 Å². The van der Waals surface area contributed by atoms with Crippen LogP contribution in [-0.4, -0.2) is 33.8 Å². The van der Waals surface area contributed by atoms with Gasteiger partial charge in [0.25, 0.3) is 5.56 Å². The van der Waals surface area contributed by atoms with Crippen molar-refractivity contribution in [2.24, 2.45) is 0 Å². The van der Waals surface area contributed by atoms with Crippen molar-refractivity contribution >= 4 is 11.8 Å². The molecule has 0 aliphatic carbocycles. The molecule has 1 aromatic rings. The standard InChI is InChI=1S/C10H16N4O4/c1-4-5-10(2,8(16)18-3)12-6-7(15)11-9(17)14-13-6/h4-5H2,1-3H3,(H,12,13)(H2,11,14,15,17). The Kier molecular flexibility index (Phi) is 4.24. The average Bonchev–Trinajstić information content (AvgIpc) is 2.32. The molecule has 0 spiro atoms. The van der Waals surface area contributed by atoms with Crippen LogP contribution < -0.4 is 16.6 Å². The molecular formula is C10H16N4O4. The van der Waals surface area contributed by atoms with Crippen LogP contribution in [0.25, 0.3) is 0 Å². The highest BCUT2D eigenvalue weighted by molar-refractivity contribution is 5.83. The normalized spacial score (nSPS) is 13.7. The van der Waals surface area contributed by atoms with E-state index in [4.69, 9.17) is 4.74 Å². The minimum atomic E-state index is -1.07. The van der Waals surface area contributed by atoms with Gasteiger partial charge in [-0.3, -0.25) is 9.78 Å². The zero-order valence-corrected chi connectivity index (χ0v) is 10.5. The lowest BCUT2D eigenvalue weighted by Crippen LogP contribution is -2.46. The van der Waals surface area contributed by atoms with Gasteiger partial charge in [-0.1, -0.05) is 13.3 Å². The van der Waals surface area contributed by atoms with Crippen LogP contribution in [0.2, 0.25) is 0 Å². The highest BCUT2D eigenvalue weighted by Crippen LogP contribution is 2.18. The maximum absolute atomic E-state index is 11.7. The fourth-order valence-corrected chi connectivity index (χ4v) is 1.63. The van der Waals surface area contributed by atoms with E-state index in [-0.39, 0.29) is 5.82 Å². The number of H-pyrrole nitrogens is 2. The number of rotatable bonds is 5. The fraction of sp³-hybridized carbons (Fsp3) is 0.600. The van der Waals surface area contributed by atoms with Crippen LogP contribution in [-0.2, 0) is 9.53 Å². The van der Waals surface area contributed by atoms with Gasteiger partial charge in [0.1, 0.15) is 5.54 Å². The minimum Gasteiger partial charge on any atom is -0.467 e. The molecule has 0 radical (unpaired) electrons. The van der Waals surface area contributed by atoms with Crippen LogP contribution in [0.5, 0.6) is 0 Å². The molecule has 1 rings (SSSR count). The number of carbonyl (C=O) groups is 1. The van der Waals surface area contributed by atoms with Gasteiger partial charge < -0.3 is 10.1 Å². The Hall–Kier alpha value is -2.12. The van der Waals surface area contributed by atoms with Gasteiger partial charge in [0, 0.05) is 0 Å². The highest BCUT2D eigenvalue weighted by atomic mass is 16.5. The molecule has 0 amide bonds. The minimum absolute atomic E-state index is 0.129. The lowest BCUT2D eigenvalue weighted by atomic mass is 9.96. The van der Waals surface area contributed by atoms with E-state index in [1.807, 2.05) is 11.9 Å². The lowest BCUT2D eigenvalue weighted by molar-refractivity contribution is -0.145. The third-order valence-corrected chi connectivity index (χ3v) is 2.49. The molecule has 0 aliphatic heterocycles. The Labute approximate surface area is 103 Å². The molecule has 3 N–H and O–H groups in total. The lowest BCUT2D eigenvalue weighted by Gasteiger charge is -2.27. The summed E-state index contributed by atoms with van der Waals surface area (Å²) >= 11 is 0. The van der Waals surface area contributed by atoms with E-state index in [2.05, 4.69) is 15.5 Å². The summed E-state index contributed by atoms with van der Waals surface area (Å²) in [7, 11) is 1.27. The Morgan fingerprint density at radius 1 is 1.50 bits per heavy atom. The number of esters is 1. The number of anilines is 1. The van der Waals surface area contributed by atoms with Gasteiger partial charge in [-0.05, 0) is 13.3 Å². The molecule has 1 unspecified atom stereocenters. The number of methoxy groups -OCH3 is 1. The molecule has 0 fully saturated rings. The number of aromatic amines is 2. The number of carbonyl (C=O) groups excluding carboxylic acids is 1. The maximum atomic E-state index is 11.7. The van der Waals surface area contributed by atoms with Crippen molar-refractivity contribution in [1.29, 1.82) is 0 Å². The molecule has 8 heteroatoms. The maximum Gasteiger partial charge on any atom is 0.342 e. The first kappa shape index (κ1) is 13.9. The predicted molar refractivity (Wildman–Crippen MR) is 64.4 cm³/mol. The second kappa shape index (κ2) is 5.48. The van der Waals surface area contributed by atoms with Crippen LogP contribution in [0.1, 0.15) is 26.7 Å². The number of nitrogens with one attached hydrogen (secondary N) is 3. The van der Waals surface area contributed by atoms with Crippen molar-refractivity contribution in [2.75, 3.05) is 12.4 Å². The van der Waals surface area contributed by atoms with Crippen LogP contribution in [0, 0.1) is 0 Å². The van der Waals surface area contributed by atoms with Crippen LogP contribution in [0.3, 0.4) is 0 Å². The van der Waals surface area contributed by atoms with E-state index in [1.54, 1.807) is 6.92 Å². The monoisotopic (exact) mass is 256 g/mol. The van der Waals surface area contributed by atoms with Crippen LogP contribution in [0.4, 0.5) is 5.82 Å². The third-order valence-electron chi connectivity index (χ3n) is 2.49. The second-order valence-electron chi connectivity index (χ2n) is 4.05. The largest absolute Gasteiger partial charge is 0.467 e. The summed E-state index contributed by atoms with van der Waals surface area (Å²) in [5.74, 6) is -0.632. The first-order valence-electron chi connectivity index (χ1n) is 5.48. The molecule has 0 bridgehead atoms. The Balaban J connectivity index is 3.07. The molecular weight excluding hydrogens is 240 g/mol. The number of hydrogen-bond acceptors (Lipinski definition) is 6. The summed E-state index contributed by atoms with van der Waals surface area (Å²) in [5.41, 5.74) is -2.47. The van der Waals surface area contributed by atoms with E-state index in [9.17, 15) is 14.4 Å². The quantitative estimate of drug-likeness (QED) is 0.617. The van der Waals surface area contributed by atoms with Crippen LogP contribution in [0.15, 0.2) is 9.59 Å². The molecule has 1 aromatic heterocycles. The van der Waals surface area contributed by atoms with E-state index in [0.29, 0.717) is 12.8 Å². The number of ether oxygens (including phenoxy) is 1. The van der Waals surface area contributed by atoms with Crippen molar-refractivity contribution < 1.29 is 9.53 Å². The van der Waals surface area contributed by atoms with Gasteiger partial charge in [0.05, 0.1) is 7.11 Å². The molecule has 100 valence electrons. The summed E-state index contributed by atoms with van der Waals surface area (Å²) in [6.07, 6.45) is 1.17. The SMILES string of the molecule is CCCC(C)(Nc1n[nH]c(=O)[nH]c1=O)C(=O)OC. The molecule has 1 atom stereocenters. The number of hydrogen-bond donors (Lipinski definition) is 3. The van der Waals surface area contributed by atoms with E-state index in [0.717, 1.165) is 0 Å². The van der Waals surface area contributed by atoms with Crippen molar-refractivity contribution in [3.63, 3.8) is 0 Å². The topological polar surface area (TPSA) is 117 Å². The predicted octanol–water partition coefficient (Wildman–Crippen LogP) is -0.398. The van der Waals surface area contributed by atoms with Gasteiger partial charge in [0.2, 0.25) is 5.82 Å². The summed E-state index contributed by atoms with van der Waals surface area (Å²) in [4.78, 5) is 36.0. The van der Waals surface area contributed by atoms with Gasteiger partial charge in [-0.2, -0.15) is 0 Å². The zero-order valence-electron chi connectivity index (χ0n) is 10.5. The molecule has 18 heavy (non-hydrogen) atoms. The van der Waals surface area contributed by atoms with Crippen molar-refractivity contribution in [3.05, 3.63) is 20.8 Å². The number of nitrogens with zero attached hydrogens (tertiary/aromatic N) is 1. The Morgan fingerprint density at radius 2 is 2.17 bits per heavy atom. The van der Waals surface area contributed by atoms with Crippen molar-refractivity contribution in [1.82, 2.24) is 15.2 Å². The Bertz CT molecular complexity index is 535. The molecule has 0 aromatic carbocycles. The molecule has 0 aliphatic rings. The van der Waals surface area contributed by atoms with Gasteiger partial charge in [-0.15, -0.1) is 5.10 Å². The van der Waals surface area contributed by atoms with Gasteiger partial charge >= 0.3 is 11.7 Å². The smallest absolute Gasteiger partial charge is 0.342 e. The van der Waals surface area contributed by atoms with E-state index < -0.39 is 22.8 Å². The van der Waals surface area contributed by atoms with E-state index >= 15 is 0 Å². The number of aromatic nitrogens is 3. The fourth-order valence-electron chi connectivity index (χ4n) is 1.63. The first-order valence-corrected chi connectivity index (χ1v) is 5.48. The Morgan fingerprint density at radius 3 is 2.67 bits per heavy atom. The van der Waals surface area contributed by atoms with Crippen LogP contribution >= 0.6 is 0 Å². The summed E-state index contributed by atoms with van der Waals surface area (Å²) < 4.78 is 4.69. The third kappa shape index (κ3) is 2.96. The van der Waals surface area contributed by atoms with Crippen molar-refractivity contribution in [2.45, 2.75) is 32.2 Å². The second-order valence-corrected chi connectivity index (χ2v) is 4.05.